The minimum Gasteiger partial charge on any atom is -0.493 e. The van der Waals surface area contributed by atoms with Gasteiger partial charge in [0.05, 0.1) is 19.2 Å². The van der Waals surface area contributed by atoms with E-state index in [1.165, 1.54) is 19.1 Å². The lowest BCUT2D eigenvalue weighted by atomic mass is 10.2. The molecule has 0 aromatic carbocycles. The quantitative estimate of drug-likeness (QED) is 0.915. The number of methoxy groups -OCH3 is 1. The monoisotopic (exact) mass is 296 g/mol. The van der Waals surface area contributed by atoms with Gasteiger partial charge in [0.25, 0.3) is 0 Å². The van der Waals surface area contributed by atoms with E-state index in [0.29, 0.717) is 11.4 Å². The number of carbonyl (C=O) groups excluding carboxylic acids is 1. The van der Waals surface area contributed by atoms with Gasteiger partial charge in [-0.05, 0) is 32.9 Å². The van der Waals surface area contributed by atoms with Crippen LogP contribution < -0.4 is 9.64 Å². The molecule has 0 aliphatic heterocycles. The van der Waals surface area contributed by atoms with Gasteiger partial charge in [-0.25, -0.2) is 9.78 Å². The van der Waals surface area contributed by atoms with Crippen molar-refractivity contribution in [3.63, 3.8) is 0 Å². The van der Waals surface area contributed by atoms with Crippen molar-refractivity contribution in [2.75, 3.05) is 19.1 Å². The highest BCUT2D eigenvalue weighted by Gasteiger charge is 2.24. The predicted molar refractivity (Wildman–Crippen MR) is 76.8 cm³/mol. The Morgan fingerprint density at radius 2 is 1.95 bits per heavy atom. The van der Waals surface area contributed by atoms with Crippen molar-refractivity contribution in [3.05, 3.63) is 17.8 Å². The second kappa shape index (κ2) is 6.43. The van der Waals surface area contributed by atoms with E-state index >= 15 is 0 Å². The molecule has 0 spiro atoms. The first-order chi connectivity index (χ1) is 9.64. The first kappa shape index (κ1) is 16.7. The largest absolute Gasteiger partial charge is 0.493 e. The predicted octanol–water partition coefficient (Wildman–Crippen LogP) is 2.09. The normalized spacial score (nSPS) is 10.9. The Labute approximate surface area is 123 Å². The van der Waals surface area contributed by atoms with Crippen LogP contribution in [0.3, 0.4) is 0 Å². The molecule has 7 heteroatoms. The molecule has 0 saturated carbocycles. The Hall–Kier alpha value is -2.31. The summed E-state index contributed by atoms with van der Waals surface area (Å²) in [5.74, 6) is -0.429. The number of aliphatic carboxylic acids is 1. The highest BCUT2D eigenvalue weighted by molar-refractivity contribution is 5.88. The van der Waals surface area contributed by atoms with E-state index in [2.05, 4.69) is 4.98 Å². The van der Waals surface area contributed by atoms with Crippen LogP contribution in [-0.2, 0) is 16.0 Å². The van der Waals surface area contributed by atoms with Gasteiger partial charge in [0.1, 0.15) is 5.60 Å². The van der Waals surface area contributed by atoms with Crippen LogP contribution in [0.5, 0.6) is 5.75 Å². The molecule has 1 rings (SSSR count). The summed E-state index contributed by atoms with van der Waals surface area (Å²) in [6, 6.07) is 3.11. The zero-order chi connectivity index (χ0) is 16.2. The van der Waals surface area contributed by atoms with Gasteiger partial charge in [0.2, 0.25) is 0 Å². The number of pyridine rings is 1. The maximum atomic E-state index is 12.1. The minimum absolute atomic E-state index is 0.213. The fourth-order valence-corrected chi connectivity index (χ4v) is 1.54. The van der Waals surface area contributed by atoms with E-state index < -0.39 is 17.7 Å². The van der Waals surface area contributed by atoms with Gasteiger partial charge in [-0.1, -0.05) is 0 Å². The molecular formula is C14H20N2O5. The van der Waals surface area contributed by atoms with E-state index in [4.69, 9.17) is 14.6 Å². The summed E-state index contributed by atoms with van der Waals surface area (Å²) in [6.45, 7) is 5.26. The molecule has 1 amide bonds. The van der Waals surface area contributed by atoms with Crippen LogP contribution >= 0.6 is 0 Å². The topological polar surface area (TPSA) is 89.0 Å². The number of ether oxygens (including phenoxy) is 2. The molecule has 0 fully saturated rings. The molecule has 7 nitrogen and oxygen atoms in total. The highest BCUT2D eigenvalue weighted by atomic mass is 16.6. The first-order valence-corrected chi connectivity index (χ1v) is 6.36. The molecule has 1 N–H and O–H groups in total. The summed E-state index contributed by atoms with van der Waals surface area (Å²) < 4.78 is 10.4. The molecule has 21 heavy (non-hydrogen) atoms. The van der Waals surface area contributed by atoms with Crippen LogP contribution in [0, 0.1) is 0 Å². The summed E-state index contributed by atoms with van der Waals surface area (Å²) in [5.41, 5.74) is -0.314. The molecular weight excluding hydrogens is 276 g/mol. The molecule has 0 aliphatic rings. The van der Waals surface area contributed by atoms with E-state index in [0.717, 1.165) is 0 Å². The highest BCUT2D eigenvalue weighted by Crippen LogP contribution is 2.26. The van der Waals surface area contributed by atoms with Crippen molar-refractivity contribution in [1.82, 2.24) is 4.98 Å². The number of carboxylic acids is 1. The molecule has 0 bridgehead atoms. The second-order valence-corrected chi connectivity index (χ2v) is 5.44. The number of hydrogen-bond donors (Lipinski definition) is 1. The summed E-state index contributed by atoms with van der Waals surface area (Å²) >= 11 is 0. The van der Waals surface area contributed by atoms with Crippen LogP contribution in [0.4, 0.5) is 10.6 Å². The van der Waals surface area contributed by atoms with Crippen molar-refractivity contribution in [3.8, 4) is 5.75 Å². The van der Waals surface area contributed by atoms with Crippen LogP contribution in [0.1, 0.15) is 26.5 Å². The molecule has 1 heterocycles. The number of nitrogens with zero attached hydrogens (tertiary/aromatic N) is 2. The minimum atomic E-state index is -1.00. The zero-order valence-corrected chi connectivity index (χ0v) is 12.8. The molecule has 1 aromatic rings. The number of hydrogen-bond acceptors (Lipinski definition) is 5. The van der Waals surface area contributed by atoms with Gasteiger partial charge in [-0.15, -0.1) is 0 Å². The van der Waals surface area contributed by atoms with Crippen LogP contribution in [0.25, 0.3) is 0 Å². The van der Waals surface area contributed by atoms with Crippen molar-refractivity contribution in [2.24, 2.45) is 0 Å². The Morgan fingerprint density at radius 1 is 1.33 bits per heavy atom. The lowest BCUT2D eigenvalue weighted by molar-refractivity contribution is -0.136. The number of rotatable bonds is 4. The lowest BCUT2D eigenvalue weighted by Gasteiger charge is -2.25. The molecule has 0 atom stereocenters. The number of anilines is 1. The third kappa shape index (κ3) is 4.94. The van der Waals surface area contributed by atoms with Crippen molar-refractivity contribution in [1.29, 1.82) is 0 Å². The summed E-state index contributed by atoms with van der Waals surface area (Å²) in [4.78, 5) is 28.1. The second-order valence-electron chi connectivity index (χ2n) is 5.44. The number of carbonyl (C=O) groups is 2. The molecule has 0 saturated heterocycles. The number of aromatic nitrogens is 1. The molecule has 0 unspecified atom stereocenters. The lowest BCUT2D eigenvalue weighted by Crippen LogP contribution is -2.35. The van der Waals surface area contributed by atoms with E-state index in [1.807, 2.05) is 0 Å². The summed E-state index contributed by atoms with van der Waals surface area (Å²) in [5, 5.41) is 8.81. The Bertz CT molecular complexity index is 537. The summed E-state index contributed by atoms with van der Waals surface area (Å²) in [6.07, 6.45) is -0.833. The molecule has 116 valence electrons. The van der Waals surface area contributed by atoms with Gasteiger partial charge in [0.15, 0.2) is 11.6 Å². The van der Waals surface area contributed by atoms with Gasteiger partial charge in [0, 0.05) is 7.05 Å². The maximum Gasteiger partial charge on any atom is 0.415 e. The Kier molecular flexibility index (Phi) is 5.12. The van der Waals surface area contributed by atoms with Crippen molar-refractivity contribution >= 4 is 17.9 Å². The first-order valence-electron chi connectivity index (χ1n) is 6.36. The number of amides is 1. The average Bonchev–Trinajstić information content (AvgIpc) is 2.35. The molecule has 0 radical (unpaired) electrons. The Balaban J connectivity index is 3.08. The molecule has 0 aliphatic carbocycles. The average molecular weight is 296 g/mol. The van der Waals surface area contributed by atoms with E-state index in [9.17, 15) is 9.59 Å². The van der Waals surface area contributed by atoms with Crippen LogP contribution in [0.15, 0.2) is 12.1 Å². The number of carboxylic acid groups (broad SMARTS) is 1. The van der Waals surface area contributed by atoms with Crippen molar-refractivity contribution < 1.29 is 24.2 Å². The Morgan fingerprint density at radius 3 is 2.43 bits per heavy atom. The van der Waals surface area contributed by atoms with Gasteiger partial charge >= 0.3 is 12.1 Å². The fraction of sp³-hybridized carbons (Fsp3) is 0.500. The SMILES string of the molecule is COc1ccc(CC(=O)O)nc1N(C)C(=O)OC(C)(C)C. The third-order valence-corrected chi connectivity index (χ3v) is 2.43. The fourth-order valence-electron chi connectivity index (χ4n) is 1.54. The molecule has 1 aromatic heterocycles. The van der Waals surface area contributed by atoms with Crippen LogP contribution in [0.2, 0.25) is 0 Å². The zero-order valence-electron chi connectivity index (χ0n) is 12.8. The summed E-state index contributed by atoms with van der Waals surface area (Å²) in [7, 11) is 2.93. The van der Waals surface area contributed by atoms with Crippen molar-refractivity contribution in [2.45, 2.75) is 32.8 Å². The smallest absolute Gasteiger partial charge is 0.415 e. The van der Waals surface area contributed by atoms with Gasteiger partial charge in [-0.3, -0.25) is 9.69 Å². The van der Waals surface area contributed by atoms with E-state index in [1.54, 1.807) is 32.9 Å². The van der Waals surface area contributed by atoms with E-state index in [-0.39, 0.29) is 12.2 Å². The standard InChI is InChI=1S/C14H20N2O5/c1-14(2,3)21-13(19)16(4)12-10(20-5)7-6-9(15-12)8-11(17)18/h6-7H,8H2,1-5H3,(H,17,18). The van der Waals surface area contributed by atoms with Gasteiger partial charge < -0.3 is 14.6 Å². The van der Waals surface area contributed by atoms with Crippen LogP contribution in [-0.4, -0.2) is 41.9 Å². The third-order valence-electron chi connectivity index (χ3n) is 2.43. The maximum absolute atomic E-state index is 12.1. The van der Waals surface area contributed by atoms with Gasteiger partial charge in [-0.2, -0.15) is 0 Å².